The van der Waals surface area contributed by atoms with Gasteiger partial charge in [-0.25, -0.2) is 4.98 Å². The second-order valence-electron chi connectivity index (χ2n) is 7.52. The minimum absolute atomic E-state index is 0.0338. The Balaban J connectivity index is 1.64. The van der Waals surface area contributed by atoms with Crippen LogP contribution in [0.3, 0.4) is 0 Å². The van der Waals surface area contributed by atoms with E-state index in [0.29, 0.717) is 31.3 Å². The number of nitrogens with zero attached hydrogens (tertiary/aromatic N) is 3. The molecule has 0 saturated heterocycles. The van der Waals surface area contributed by atoms with E-state index in [9.17, 15) is 9.59 Å². The van der Waals surface area contributed by atoms with Crippen LogP contribution in [-0.2, 0) is 22.6 Å². The van der Waals surface area contributed by atoms with Gasteiger partial charge in [0.05, 0.1) is 18.2 Å². The summed E-state index contributed by atoms with van der Waals surface area (Å²) in [4.78, 5) is 31.0. The van der Waals surface area contributed by atoms with Crippen molar-refractivity contribution in [3.63, 3.8) is 0 Å². The lowest BCUT2D eigenvalue weighted by atomic mass is 9.93. The molecule has 1 aromatic rings. The number of fused-ring (bicyclic) bond motifs is 1. The Bertz CT molecular complexity index is 619. The van der Waals surface area contributed by atoms with E-state index in [0.717, 1.165) is 30.9 Å². The molecular formula is C18H28N4O2. The van der Waals surface area contributed by atoms with Crippen molar-refractivity contribution >= 4 is 11.8 Å². The average Bonchev–Trinajstić information content (AvgIpc) is 2.86. The Kier molecular flexibility index (Phi) is 4.92. The van der Waals surface area contributed by atoms with Crippen LogP contribution in [0.4, 0.5) is 0 Å². The van der Waals surface area contributed by atoms with Gasteiger partial charge in [-0.2, -0.15) is 0 Å². The van der Waals surface area contributed by atoms with Crippen molar-refractivity contribution in [3.05, 3.63) is 17.7 Å². The lowest BCUT2D eigenvalue weighted by molar-refractivity contribution is -0.135. The number of hydrogen-bond donors (Lipinski definition) is 1. The van der Waals surface area contributed by atoms with Crippen LogP contribution in [0.2, 0.25) is 0 Å². The standard InChI is InChI=1S/C18H28N4O2/c1-12(2)9-17(24)22-8-7-21-11-15(20-18(21)13(22)3)10-16(23)19-14-5-4-6-14/h11-14H,4-10H2,1-3H3,(H,19,23)/t13-/m0/s1. The van der Waals surface area contributed by atoms with E-state index in [1.165, 1.54) is 6.42 Å². The van der Waals surface area contributed by atoms with Crippen molar-refractivity contribution in [3.8, 4) is 0 Å². The molecule has 2 aliphatic rings. The van der Waals surface area contributed by atoms with Crippen LogP contribution >= 0.6 is 0 Å². The molecule has 6 heteroatoms. The molecule has 132 valence electrons. The summed E-state index contributed by atoms with van der Waals surface area (Å²) >= 11 is 0. The van der Waals surface area contributed by atoms with Crippen molar-refractivity contribution in [2.45, 2.75) is 71.5 Å². The molecule has 0 spiro atoms. The molecule has 1 aromatic heterocycles. The Morgan fingerprint density at radius 2 is 2.08 bits per heavy atom. The number of nitrogens with one attached hydrogen (secondary N) is 1. The summed E-state index contributed by atoms with van der Waals surface area (Å²) < 4.78 is 2.09. The van der Waals surface area contributed by atoms with Crippen LogP contribution < -0.4 is 5.32 Å². The van der Waals surface area contributed by atoms with Crippen LogP contribution in [-0.4, -0.2) is 38.9 Å². The second-order valence-corrected chi connectivity index (χ2v) is 7.52. The SMILES string of the molecule is CC(C)CC(=O)N1CCn2cc(CC(=O)NC3CCC3)nc2[C@@H]1C. The van der Waals surface area contributed by atoms with Gasteiger partial charge in [0.15, 0.2) is 0 Å². The maximum atomic E-state index is 12.4. The molecule has 3 rings (SSSR count). The molecule has 1 fully saturated rings. The fraction of sp³-hybridized carbons (Fsp3) is 0.722. The molecular weight excluding hydrogens is 304 g/mol. The van der Waals surface area contributed by atoms with Crippen LogP contribution in [0.1, 0.15) is 64.0 Å². The van der Waals surface area contributed by atoms with Gasteiger partial charge in [0, 0.05) is 31.7 Å². The molecule has 1 saturated carbocycles. The third-order valence-electron chi connectivity index (χ3n) is 5.00. The highest BCUT2D eigenvalue weighted by Gasteiger charge is 2.30. The summed E-state index contributed by atoms with van der Waals surface area (Å²) in [7, 11) is 0. The predicted octanol–water partition coefficient (Wildman–Crippen LogP) is 2.04. The van der Waals surface area contributed by atoms with E-state index >= 15 is 0 Å². The summed E-state index contributed by atoms with van der Waals surface area (Å²) in [5, 5.41) is 3.05. The van der Waals surface area contributed by atoms with Crippen LogP contribution in [0, 0.1) is 5.92 Å². The highest BCUT2D eigenvalue weighted by molar-refractivity contribution is 5.78. The zero-order chi connectivity index (χ0) is 17.3. The summed E-state index contributed by atoms with van der Waals surface area (Å²) in [6.45, 7) is 7.61. The van der Waals surface area contributed by atoms with Crippen LogP contribution in [0.25, 0.3) is 0 Å². The largest absolute Gasteiger partial charge is 0.353 e. The molecule has 6 nitrogen and oxygen atoms in total. The molecule has 0 unspecified atom stereocenters. The molecule has 1 aliphatic heterocycles. The van der Waals surface area contributed by atoms with E-state index in [-0.39, 0.29) is 17.9 Å². The van der Waals surface area contributed by atoms with Gasteiger partial charge < -0.3 is 14.8 Å². The number of carbonyl (C=O) groups excluding carboxylic acids is 2. The van der Waals surface area contributed by atoms with E-state index < -0.39 is 0 Å². The average molecular weight is 332 g/mol. The molecule has 2 heterocycles. The summed E-state index contributed by atoms with van der Waals surface area (Å²) in [6, 6.07) is 0.325. The molecule has 1 N–H and O–H groups in total. The summed E-state index contributed by atoms with van der Waals surface area (Å²) in [6.07, 6.45) is 6.26. The lowest BCUT2D eigenvalue weighted by Gasteiger charge is -2.34. The Labute approximate surface area is 143 Å². The third-order valence-corrected chi connectivity index (χ3v) is 5.00. The number of hydrogen-bond acceptors (Lipinski definition) is 3. The Morgan fingerprint density at radius 3 is 2.71 bits per heavy atom. The maximum absolute atomic E-state index is 12.4. The molecule has 2 amide bonds. The molecule has 1 aliphatic carbocycles. The first kappa shape index (κ1) is 17.0. The smallest absolute Gasteiger partial charge is 0.226 e. The molecule has 0 radical (unpaired) electrons. The fourth-order valence-corrected chi connectivity index (χ4v) is 3.44. The minimum atomic E-state index is -0.0338. The van der Waals surface area contributed by atoms with E-state index in [1.54, 1.807) is 0 Å². The van der Waals surface area contributed by atoms with Crippen molar-refractivity contribution in [2.24, 2.45) is 5.92 Å². The topological polar surface area (TPSA) is 67.2 Å². The van der Waals surface area contributed by atoms with Gasteiger partial charge in [-0.05, 0) is 32.1 Å². The number of aromatic nitrogens is 2. The zero-order valence-electron chi connectivity index (χ0n) is 14.9. The fourth-order valence-electron chi connectivity index (χ4n) is 3.44. The predicted molar refractivity (Wildman–Crippen MR) is 91.3 cm³/mol. The van der Waals surface area contributed by atoms with Gasteiger partial charge in [0.2, 0.25) is 11.8 Å². The molecule has 0 bridgehead atoms. The summed E-state index contributed by atoms with van der Waals surface area (Å²) in [5.41, 5.74) is 0.798. The monoisotopic (exact) mass is 332 g/mol. The maximum Gasteiger partial charge on any atom is 0.226 e. The highest BCUT2D eigenvalue weighted by Crippen LogP contribution is 2.26. The van der Waals surface area contributed by atoms with Gasteiger partial charge in [0.1, 0.15) is 5.82 Å². The molecule has 0 aromatic carbocycles. The number of rotatable bonds is 5. The van der Waals surface area contributed by atoms with Crippen molar-refractivity contribution in [2.75, 3.05) is 6.54 Å². The first-order valence-corrected chi connectivity index (χ1v) is 9.09. The van der Waals surface area contributed by atoms with Gasteiger partial charge in [-0.1, -0.05) is 13.8 Å². The second kappa shape index (κ2) is 6.95. The van der Waals surface area contributed by atoms with Crippen molar-refractivity contribution < 1.29 is 9.59 Å². The van der Waals surface area contributed by atoms with Crippen LogP contribution in [0.5, 0.6) is 0 Å². The first-order valence-electron chi connectivity index (χ1n) is 9.09. The number of carbonyl (C=O) groups is 2. The van der Waals surface area contributed by atoms with Gasteiger partial charge in [0.25, 0.3) is 0 Å². The first-order chi connectivity index (χ1) is 11.4. The zero-order valence-corrected chi connectivity index (χ0v) is 14.9. The molecule has 1 atom stereocenters. The summed E-state index contributed by atoms with van der Waals surface area (Å²) in [5.74, 6) is 1.49. The van der Waals surface area contributed by atoms with Crippen molar-refractivity contribution in [1.82, 2.24) is 19.8 Å². The van der Waals surface area contributed by atoms with Gasteiger partial charge in [-0.3, -0.25) is 9.59 Å². The van der Waals surface area contributed by atoms with Crippen LogP contribution in [0.15, 0.2) is 6.20 Å². The van der Waals surface area contributed by atoms with Gasteiger partial charge >= 0.3 is 0 Å². The normalized spacial score (nSPS) is 20.7. The third kappa shape index (κ3) is 3.62. The van der Waals surface area contributed by atoms with E-state index in [4.69, 9.17) is 0 Å². The molecule has 24 heavy (non-hydrogen) atoms. The van der Waals surface area contributed by atoms with E-state index in [1.807, 2.05) is 18.0 Å². The van der Waals surface area contributed by atoms with E-state index in [2.05, 4.69) is 28.7 Å². The Hall–Kier alpha value is -1.85. The van der Waals surface area contributed by atoms with Gasteiger partial charge in [-0.15, -0.1) is 0 Å². The highest BCUT2D eigenvalue weighted by atomic mass is 16.2. The quantitative estimate of drug-likeness (QED) is 0.897. The lowest BCUT2D eigenvalue weighted by Crippen LogP contribution is -2.41. The minimum Gasteiger partial charge on any atom is -0.353 e. The number of imidazole rings is 1. The Morgan fingerprint density at radius 1 is 1.33 bits per heavy atom. The number of amides is 2. The van der Waals surface area contributed by atoms with Crippen molar-refractivity contribution in [1.29, 1.82) is 0 Å².